The van der Waals surface area contributed by atoms with Gasteiger partial charge in [-0.25, -0.2) is 15.2 Å². The minimum Gasteiger partial charge on any atom is -0.437 e. The number of thiophene rings is 1. The Bertz CT molecular complexity index is 823. The molecule has 0 aliphatic heterocycles. The second-order valence-corrected chi connectivity index (χ2v) is 6.34. The van der Waals surface area contributed by atoms with E-state index in [2.05, 4.69) is 31.3 Å². The van der Waals surface area contributed by atoms with E-state index in [1.807, 2.05) is 13.0 Å². The molecule has 0 spiro atoms. The zero-order chi connectivity index (χ0) is 15.0. The lowest BCUT2D eigenvalue weighted by molar-refractivity contribution is 0.461. The molecule has 108 valence electrons. The second-order valence-electron chi connectivity index (χ2n) is 4.25. The number of anilines is 1. The fourth-order valence-corrected chi connectivity index (χ4v) is 3.02. The number of fused-ring (bicyclic) bond motifs is 1. The molecule has 0 amide bonds. The summed E-state index contributed by atoms with van der Waals surface area (Å²) in [6, 6.07) is 6.12. The number of benzene rings is 1. The lowest BCUT2D eigenvalue weighted by Gasteiger charge is -2.09. The van der Waals surface area contributed by atoms with E-state index in [1.165, 1.54) is 23.5 Å². The highest BCUT2D eigenvalue weighted by Crippen LogP contribution is 2.36. The quantitative estimate of drug-likeness (QED) is 0.540. The SMILES string of the molecule is Cc1cc2c(Oc3cc(F)ccc3Br)nc(NN)nc2s1. The van der Waals surface area contributed by atoms with Gasteiger partial charge in [-0.05, 0) is 41.1 Å². The van der Waals surface area contributed by atoms with Crippen LogP contribution >= 0.6 is 27.3 Å². The molecule has 2 aromatic heterocycles. The minimum atomic E-state index is -0.392. The van der Waals surface area contributed by atoms with E-state index in [0.717, 1.165) is 15.1 Å². The number of hydrogen-bond acceptors (Lipinski definition) is 6. The van der Waals surface area contributed by atoms with Crippen molar-refractivity contribution in [3.8, 4) is 11.6 Å². The van der Waals surface area contributed by atoms with E-state index in [4.69, 9.17) is 10.6 Å². The van der Waals surface area contributed by atoms with E-state index in [0.29, 0.717) is 16.1 Å². The maximum absolute atomic E-state index is 13.3. The topological polar surface area (TPSA) is 73.1 Å². The van der Waals surface area contributed by atoms with Crippen LogP contribution < -0.4 is 16.0 Å². The highest BCUT2D eigenvalue weighted by molar-refractivity contribution is 9.10. The third kappa shape index (κ3) is 2.82. The van der Waals surface area contributed by atoms with Crippen molar-refractivity contribution in [3.63, 3.8) is 0 Å². The number of hydrogen-bond donors (Lipinski definition) is 2. The zero-order valence-electron chi connectivity index (χ0n) is 10.9. The van der Waals surface area contributed by atoms with Crippen molar-refractivity contribution in [3.05, 3.63) is 39.4 Å². The molecule has 0 bridgehead atoms. The maximum Gasteiger partial charge on any atom is 0.241 e. The number of rotatable bonds is 3. The Hall–Kier alpha value is -1.77. The normalized spacial score (nSPS) is 10.9. The van der Waals surface area contributed by atoms with Gasteiger partial charge in [0.2, 0.25) is 11.8 Å². The molecule has 0 radical (unpaired) electrons. The maximum atomic E-state index is 13.3. The lowest BCUT2D eigenvalue weighted by Crippen LogP contribution is -2.10. The number of nitrogen functional groups attached to an aromatic ring is 1. The van der Waals surface area contributed by atoms with Gasteiger partial charge >= 0.3 is 0 Å². The summed E-state index contributed by atoms with van der Waals surface area (Å²) < 4.78 is 19.7. The summed E-state index contributed by atoms with van der Waals surface area (Å²) in [5.74, 6) is 5.88. The molecule has 0 aliphatic carbocycles. The first-order chi connectivity index (χ1) is 10.1. The molecule has 3 aromatic rings. The summed E-state index contributed by atoms with van der Waals surface area (Å²) in [7, 11) is 0. The van der Waals surface area contributed by atoms with Crippen LogP contribution in [0.15, 0.2) is 28.7 Å². The molecule has 3 N–H and O–H groups in total. The van der Waals surface area contributed by atoms with Crippen LogP contribution in [0.25, 0.3) is 10.2 Å². The van der Waals surface area contributed by atoms with Crippen LogP contribution in [-0.2, 0) is 0 Å². The van der Waals surface area contributed by atoms with E-state index in [9.17, 15) is 4.39 Å². The van der Waals surface area contributed by atoms with Gasteiger partial charge in [0, 0.05) is 10.9 Å². The van der Waals surface area contributed by atoms with Crippen LogP contribution in [0.4, 0.5) is 10.3 Å². The molecule has 21 heavy (non-hydrogen) atoms. The first-order valence-corrected chi connectivity index (χ1v) is 7.55. The molecule has 0 atom stereocenters. The van der Waals surface area contributed by atoms with E-state index < -0.39 is 5.82 Å². The van der Waals surface area contributed by atoms with Crippen molar-refractivity contribution in [1.29, 1.82) is 0 Å². The van der Waals surface area contributed by atoms with Gasteiger partial charge in [-0.3, -0.25) is 5.43 Å². The van der Waals surface area contributed by atoms with Crippen LogP contribution in [-0.4, -0.2) is 9.97 Å². The van der Waals surface area contributed by atoms with Crippen molar-refractivity contribution < 1.29 is 9.13 Å². The summed E-state index contributed by atoms with van der Waals surface area (Å²) in [5, 5.41) is 0.757. The fourth-order valence-electron chi connectivity index (χ4n) is 1.82. The largest absolute Gasteiger partial charge is 0.437 e. The van der Waals surface area contributed by atoms with Gasteiger partial charge in [-0.15, -0.1) is 11.3 Å². The Morgan fingerprint density at radius 3 is 2.90 bits per heavy atom. The lowest BCUT2D eigenvalue weighted by atomic mass is 10.3. The molecule has 0 saturated carbocycles. The van der Waals surface area contributed by atoms with Crippen molar-refractivity contribution >= 4 is 43.4 Å². The Morgan fingerprint density at radius 1 is 1.33 bits per heavy atom. The van der Waals surface area contributed by atoms with Gasteiger partial charge in [0.15, 0.2) is 0 Å². The molecule has 0 aliphatic rings. The third-order valence-electron chi connectivity index (χ3n) is 2.71. The van der Waals surface area contributed by atoms with Gasteiger partial charge in [0.05, 0.1) is 9.86 Å². The monoisotopic (exact) mass is 368 g/mol. The number of nitrogens with one attached hydrogen (secondary N) is 1. The van der Waals surface area contributed by atoms with Gasteiger partial charge in [0.1, 0.15) is 16.4 Å². The number of nitrogens with zero attached hydrogens (tertiary/aromatic N) is 2. The molecule has 1 aromatic carbocycles. The fraction of sp³-hybridized carbons (Fsp3) is 0.0769. The van der Waals surface area contributed by atoms with Crippen molar-refractivity contribution in [1.82, 2.24) is 9.97 Å². The number of ether oxygens (including phenoxy) is 1. The molecular weight excluding hydrogens is 359 g/mol. The number of aryl methyl sites for hydroxylation is 1. The van der Waals surface area contributed by atoms with Crippen LogP contribution in [0.5, 0.6) is 11.6 Å². The number of aromatic nitrogens is 2. The van der Waals surface area contributed by atoms with Crippen molar-refractivity contribution in [2.75, 3.05) is 5.43 Å². The Labute approximate surface area is 132 Å². The molecule has 3 rings (SSSR count). The highest BCUT2D eigenvalue weighted by atomic mass is 79.9. The average molecular weight is 369 g/mol. The predicted molar refractivity (Wildman–Crippen MR) is 84.1 cm³/mol. The van der Waals surface area contributed by atoms with Gasteiger partial charge in [0.25, 0.3) is 0 Å². The van der Waals surface area contributed by atoms with E-state index >= 15 is 0 Å². The summed E-state index contributed by atoms with van der Waals surface area (Å²) in [5.41, 5.74) is 2.40. The average Bonchev–Trinajstić information content (AvgIpc) is 2.83. The highest BCUT2D eigenvalue weighted by Gasteiger charge is 2.14. The van der Waals surface area contributed by atoms with Crippen molar-refractivity contribution in [2.24, 2.45) is 5.84 Å². The number of halogens is 2. The minimum absolute atomic E-state index is 0.242. The molecule has 0 fully saturated rings. The predicted octanol–water partition coefficient (Wildman–Crippen LogP) is 3.98. The van der Waals surface area contributed by atoms with Gasteiger partial charge in [-0.2, -0.15) is 4.98 Å². The standard InChI is InChI=1S/C13H10BrFN4OS/c1-6-4-8-11(17-13(19-16)18-12(8)21-6)20-10-5-7(15)2-3-9(10)14/h2-5H,16H2,1H3,(H,17,18,19). The van der Waals surface area contributed by atoms with Crippen molar-refractivity contribution in [2.45, 2.75) is 6.92 Å². The summed E-state index contributed by atoms with van der Waals surface area (Å²) in [4.78, 5) is 10.3. The molecule has 2 heterocycles. The van der Waals surface area contributed by atoms with Crippen LogP contribution in [0.1, 0.15) is 4.88 Å². The Kier molecular flexibility index (Phi) is 3.75. The molecule has 8 heteroatoms. The Morgan fingerprint density at radius 2 is 2.14 bits per heavy atom. The van der Waals surface area contributed by atoms with Crippen LogP contribution in [0.3, 0.4) is 0 Å². The number of nitrogens with two attached hydrogens (primary N) is 1. The van der Waals surface area contributed by atoms with Crippen LogP contribution in [0, 0.1) is 12.7 Å². The Balaban J connectivity index is 2.12. The summed E-state index contributed by atoms with van der Waals surface area (Å²) in [6.45, 7) is 1.96. The number of hydrazine groups is 1. The second kappa shape index (κ2) is 5.55. The summed E-state index contributed by atoms with van der Waals surface area (Å²) in [6.07, 6.45) is 0. The third-order valence-corrected chi connectivity index (χ3v) is 4.31. The molecule has 5 nitrogen and oxygen atoms in total. The smallest absolute Gasteiger partial charge is 0.241 e. The van der Waals surface area contributed by atoms with Crippen LogP contribution in [0.2, 0.25) is 0 Å². The van der Waals surface area contributed by atoms with E-state index in [1.54, 1.807) is 6.07 Å². The molecule has 0 unspecified atom stereocenters. The molecular formula is C13H10BrFN4OS. The molecule has 0 saturated heterocycles. The first kappa shape index (κ1) is 14.2. The van der Waals surface area contributed by atoms with E-state index in [-0.39, 0.29) is 5.95 Å². The zero-order valence-corrected chi connectivity index (χ0v) is 13.3. The summed E-state index contributed by atoms with van der Waals surface area (Å²) >= 11 is 4.82. The van der Waals surface area contributed by atoms with Gasteiger partial charge in [-0.1, -0.05) is 0 Å². The first-order valence-electron chi connectivity index (χ1n) is 5.94. The van der Waals surface area contributed by atoms with Gasteiger partial charge < -0.3 is 4.74 Å².